The number of hydrogen-bond acceptors (Lipinski definition) is 6. The molecule has 0 radical (unpaired) electrons. The monoisotopic (exact) mass is 420 g/mol. The summed E-state index contributed by atoms with van der Waals surface area (Å²) in [4.78, 5) is 10.8. The maximum Gasteiger partial charge on any atom is 0.341 e. The highest BCUT2D eigenvalue weighted by Crippen LogP contribution is 2.23. The van der Waals surface area contributed by atoms with E-state index in [4.69, 9.17) is 22.1 Å². The van der Waals surface area contributed by atoms with Crippen LogP contribution in [0.1, 0.15) is 5.56 Å². The number of carbonyl (C=O) groups is 1. The first-order chi connectivity index (χ1) is 14.6. The van der Waals surface area contributed by atoms with E-state index < -0.39 is 12.6 Å². The van der Waals surface area contributed by atoms with Crippen LogP contribution in [0.4, 0.5) is 0 Å². The highest BCUT2D eigenvalue weighted by atomic mass is 32.1. The summed E-state index contributed by atoms with van der Waals surface area (Å²) < 4.78 is 7.04. The lowest BCUT2D eigenvalue weighted by Crippen LogP contribution is -2.10. The minimum atomic E-state index is -1.06. The van der Waals surface area contributed by atoms with E-state index in [-0.39, 0.29) is 0 Å². The van der Waals surface area contributed by atoms with Gasteiger partial charge < -0.3 is 9.84 Å². The minimum absolute atomic E-state index is 0.293. The van der Waals surface area contributed by atoms with E-state index in [9.17, 15) is 4.79 Å². The number of aliphatic carboxylic acids is 1. The Morgan fingerprint density at radius 2 is 1.90 bits per heavy atom. The second-order valence-electron chi connectivity index (χ2n) is 6.16. The number of hydrogen-bond donors (Lipinski definition) is 3. The number of benzene rings is 2. The van der Waals surface area contributed by atoms with Gasteiger partial charge in [-0.25, -0.2) is 9.89 Å². The van der Waals surface area contributed by atoms with Gasteiger partial charge in [0.2, 0.25) is 10.6 Å². The Bertz CT molecular complexity index is 1260. The Balaban J connectivity index is 1.64. The first-order valence-electron chi connectivity index (χ1n) is 8.88. The summed E-state index contributed by atoms with van der Waals surface area (Å²) in [6.45, 7) is -0.447. The lowest BCUT2D eigenvalue weighted by molar-refractivity contribution is -0.139. The Morgan fingerprint density at radius 3 is 2.70 bits per heavy atom. The SMILES string of the molecule is O=C(O)COc1ccccc1/C=N/n1c(-c2cc(-c3ccccc3)n[nH]2)n[nH]c1=S. The van der Waals surface area contributed by atoms with Crippen LogP contribution in [0, 0.1) is 4.77 Å². The molecule has 0 unspecified atom stereocenters. The number of rotatable bonds is 7. The van der Waals surface area contributed by atoms with E-state index in [2.05, 4.69) is 25.5 Å². The molecule has 150 valence electrons. The quantitative estimate of drug-likeness (QED) is 0.311. The second-order valence-corrected chi connectivity index (χ2v) is 6.55. The van der Waals surface area contributed by atoms with E-state index in [1.807, 2.05) is 36.4 Å². The predicted molar refractivity (Wildman–Crippen MR) is 113 cm³/mol. The number of para-hydroxylation sites is 1. The van der Waals surface area contributed by atoms with Crippen molar-refractivity contribution < 1.29 is 14.6 Å². The molecule has 9 nitrogen and oxygen atoms in total. The standard InChI is InChI=1S/C20H16N6O3S/c27-18(28)12-29-17-9-5-4-8-14(17)11-21-26-19(24-25-20(26)30)16-10-15(22-23-16)13-6-2-1-3-7-13/h1-11H,12H2,(H,22,23)(H,25,30)(H,27,28)/b21-11+. The highest BCUT2D eigenvalue weighted by Gasteiger charge is 2.13. The van der Waals surface area contributed by atoms with Gasteiger partial charge in [0, 0.05) is 11.1 Å². The number of nitrogens with one attached hydrogen (secondary N) is 2. The molecule has 0 bridgehead atoms. The van der Waals surface area contributed by atoms with E-state index >= 15 is 0 Å². The molecule has 2 heterocycles. The molecule has 4 rings (SSSR count). The minimum Gasteiger partial charge on any atom is -0.481 e. The van der Waals surface area contributed by atoms with Gasteiger partial charge in [-0.2, -0.15) is 20.0 Å². The molecule has 0 spiro atoms. The predicted octanol–water partition coefficient (Wildman–Crippen LogP) is 3.34. The van der Waals surface area contributed by atoms with Gasteiger partial charge in [-0.1, -0.05) is 42.5 Å². The van der Waals surface area contributed by atoms with Crippen molar-refractivity contribution in [1.29, 1.82) is 0 Å². The number of H-pyrrole nitrogens is 2. The van der Waals surface area contributed by atoms with Crippen molar-refractivity contribution in [2.75, 3.05) is 6.61 Å². The molecule has 4 aromatic rings. The summed E-state index contributed by atoms with van der Waals surface area (Å²) >= 11 is 5.29. The van der Waals surface area contributed by atoms with Crippen molar-refractivity contribution in [3.63, 3.8) is 0 Å². The van der Waals surface area contributed by atoms with Gasteiger partial charge in [0.25, 0.3) is 0 Å². The summed E-state index contributed by atoms with van der Waals surface area (Å²) in [6, 6.07) is 18.6. The normalized spacial score (nSPS) is 11.1. The fraction of sp³-hybridized carbons (Fsp3) is 0.0500. The first kappa shape index (κ1) is 19.3. The molecule has 0 fully saturated rings. The van der Waals surface area contributed by atoms with Gasteiger partial charge >= 0.3 is 5.97 Å². The zero-order chi connectivity index (χ0) is 20.9. The number of carboxylic acid groups (broad SMARTS) is 1. The second kappa shape index (κ2) is 8.53. The third-order valence-electron chi connectivity index (χ3n) is 4.12. The molecular formula is C20H16N6O3S. The molecule has 0 aliphatic carbocycles. The fourth-order valence-electron chi connectivity index (χ4n) is 2.74. The topological polar surface area (TPSA) is 121 Å². The lowest BCUT2D eigenvalue weighted by Gasteiger charge is -2.06. The van der Waals surface area contributed by atoms with Crippen molar-refractivity contribution in [1.82, 2.24) is 25.1 Å². The van der Waals surface area contributed by atoms with Gasteiger partial charge in [0.15, 0.2) is 6.61 Å². The van der Waals surface area contributed by atoms with E-state index in [1.54, 1.807) is 24.3 Å². The van der Waals surface area contributed by atoms with Crippen LogP contribution in [0.25, 0.3) is 22.8 Å². The number of carboxylic acids is 1. The summed E-state index contributed by atoms with van der Waals surface area (Å²) in [6.07, 6.45) is 1.53. The van der Waals surface area contributed by atoms with Crippen molar-refractivity contribution in [2.24, 2.45) is 5.10 Å². The van der Waals surface area contributed by atoms with Gasteiger partial charge in [-0.15, -0.1) is 0 Å². The van der Waals surface area contributed by atoms with Gasteiger partial charge in [0.05, 0.1) is 11.9 Å². The summed E-state index contributed by atoms with van der Waals surface area (Å²) in [7, 11) is 0. The molecule has 2 aromatic heterocycles. The first-order valence-corrected chi connectivity index (χ1v) is 9.29. The molecule has 0 aliphatic heterocycles. The zero-order valence-electron chi connectivity index (χ0n) is 15.5. The van der Waals surface area contributed by atoms with Crippen molar-refractivity contribution in [3.8, 4) is 28.5 Å². The van der Waals surface area contributed by atoms with Crippen LogP contribution < -0.4 is 4.74 Å². The maximum absolute atomic E-state index is 10.8. The third kappa shape index (κ3) is 4.18. The third-order valence-corrected chi connectivity index (χ3v) is 4.39. The number of aromatic nitrogens is 5. The Labute approximate surface area is 175 Å². The Morgan fingerprint density at radius 1 is 1.13 bits per heavy atom. The molecule has 30 heavy (non-hydrogen) atoms. The van der Waals surface area contributed by atoms with E-state index in [0.717, 1.165) is 11.3 Å². The number of aromatic amines is 2. The molecule has 0 saturated carbocycles. The van der Waals surface area contributed by atoms with E-state index in [0.29, 0.717) is 27.6 Å². The Kier molecular flexibility index (Phi) is 5.48. The van der Waals surface area contributed by atoms with Crippen LogP contribution in [-0.4, -0.2) is 49.0 Å². The van der Waals surface area contributed by atoms with Crippen LogP contribution in [0.3, 0.4) is 0 Å². The summed E-state index contributed by atoms with van der Waals surface area (Å²) in [5, 5.41) is 27.5. The van der Waals surface area contributed by atoms with Crippen LogP contribution in [0.15, 0.2) is 65.8 Å². The van der Waals surface area contributed by atoms with Crippen molar-refractivity contribution >= 4 is 24.4 Å². The molecule has 0 amide bonds. The fourth-order valence-corrected chi connectivity index (χ4v) is 2.92. The van der Waals surface area contributed by atoms with Gasteiger partial charge in [0.1, 0.15) is 11.4 Å². The molecule has 2 aromatic carbocycles. The van der Waals surface area contributed by atoms with Gasteiger partial charge in [-0.3, -0.25) is 5.10 Å². The maximum atomic E-state index is 10.8. The number of ether oxygens (including phenoxy) is 1. The molecule has 3 N–H and O–H groups in total. The summed E-state index contributed by atoms with van der Waals surface area (Å²) in [5.74, 6) is -0.211. The van der Waals surface area contributed by atoms with Crippen LogP contribution in [0.5, 0.6) is 5.75 Å². The lowest BCUT2D eigenvalue weighted by atomic mass is 10.1. The van der Waals surface area contributed by atoms with Crippen molar-refractivity contribution in [3.05, 3.63) is 71.0 Å². The molecule has 0 aliphatic rings. The van der Waals surface area contributed by atoms with Crippen LogP contribution in [-0.2, 0) is 4.79 Å². The largest absolute Gasteiger partial charge is 0.481 e. The molecular weight excluding hydrogens is 404 g/mol. The Hall–Kier alpha value is -4.05. The van der Waals surface area contributed by atoms with Crippen LogP contribution in [0.2, 0.25) is 0 Å². The molecule has 10 heteroatoms. The summed E-state index contributed by atoms with van der Waals surface area (Å²) in [5.41, 5.74) is 2.97. The van der Waals surface area contributed by atoms with Gasteiger partial charge in [-0.05, 0) is 30.4 Å². The molecule has 0 saturated heterocycles. The van der Waals surface area contributed by atoms with E-state index in [1.165, 1.54) is 10.9 Å². The van der Waals surface area contributed by atoms with Crippen LogP contribution >= 0.6 is 12.2 Å². The average Bonchev–Trinajstić information content (AvgIpc) is 3.39. The average molecular weight is 420 g/mol. The highest BCUT2D eigenvalue weighted by molar-refractivity contribution is 7.71. The zero-order valence-corrected chi connectivity index (χ0v) is 16.3. The molecule has 0 atom stereocenters. The smallest absolute Gasteiger partial charge is 0.341 e. The van der Waals surface area contributed by atoms with Crippen molar-refractivity contribution in [2.45, 2.75) is 0 Å². The number of nitrogens with zero attached hydrogens (tertiary/aromatic N) is 4.